The van der Waals surface area contributed by atoms with Crippen molar-refractivity contribution < 1.29 is 4.74 Å². The average molecular weight is 448 g/mol. The summed E-state index contributed by atoms with van der Waals surface area (Å²) in [5.41, 5.74) is 1.14. The van der Waals surface area contributed by atoms with Crippen molar-refractivity contribution in [2.75, 3.05) is 39.8 Å². The molecule has 0 saturated heterocycles. The highest BCUT2D eigenvalue weighted by atomic mass is 127. The van der Waals surface area contributed by atoms with Crippen LogP contribution in [0, 0.1) is 0 Å². The summed E-state index contributed by atoms with van der Waals surface area (Å²) < 4.78 is 5.98. The lowest BCUT2D eigenvalue weighted by Crippen LogP contribution is -2.37. The minimum atomic E-state index is 0. The zero-order chi connectivity index (χ0) is 16.9. The van der Waals surface area contributed by atoms with Gasteiger partial charge >= 0.3 is 0 Å². The van der Waals surface area contributed by atoms with Crippen LogP contribution in [0.4, 0.5) is 0 Å². The fourth-order valence-electron chi connectivity index (χ4n) is 2.26. The van der Waals surface area contributed by atoms with E-state index in [9.17, 15) is 0 Å². The summed E-state index contributed by atoms with van der Waals surface area (Å²) >= 11 is 0. The van der Waals surface area contributed by atoms with Crippen LogP contribution in [-0.2, 0) is 6.54 Å². The lowest BCUT2D eigenvalue weighted by Gasteiger charge is -2.19. The highest BCUT2D eigenvalue weighted by Crippen LogP contribution is 2.17. The summed E-state index contributed by atoms with van der Waals surface area (Å²) in [6.07, 6.45) is 1.08. The largest absolute Gasteiger partial charge is 0.492 e. The summed E-state index contributed by atoms with van der Waals surface area (Å²) in [5.74, 6) is 1.77. The molecular formula is C18H33IN4O. The van der Waals surface area contributed by atoms with Gasteiger partial charge in [0.1, 0.15) is 12.4 Å². The third-order valence-electron chi connectivity index (χ3n) is 3.74. The van der Waals surface area contributed by atoms with E-state index in [1.165, 1.54) is 0 Å². The van der Waals surface area contributed by atoms with Gasteiger partial charge in [0, 0.05) is 32.2 Å². The van der Waals surface area contributed by atoms with Crippen molar-refractivity contribution >= 4 is 29.9 Å². The molecule has 5 nitrogen and oxygen atoms in total. The lowest BCUT2D eigenvalue weighted by atomic mass is 10.2. The Labute approximate surface area is 164 Å². The van der Waals surface area contributed by atoms with Crippen LogP contribution in [0.3, 0.4) is 0 Å². The van der Waals surface area contributed by atoms with Crippen molar-refractivity contribution in [2.24, 2.45) is 4.99 Å². The second kappa shape index (κ2) is 14.3. The molecule has 0 radical (unpaired) electrons. The van der Waals surface area contributed by atoms with Gasteiger partial charge in [-0.3, -0.25) is 4.99 Å². The molecule has 0 saturated carbocycles. The zero-order valence-electron chi connectivity index (χ0n) is 15.5. The molecule has 24 heavy (non-hydrogen) atoms. The molecule has 0 bridgehead atoms. The molecule has 0 fully saturated rings. The Morgan fingerprint density at radius 2 is 1.83 bits per heavy atom. The number of nitrogens with zero attached hydrogens (tertiary/aromatic N) is 2. The second-order valence-electron chi connectivity index (χ2n) is 5.34. The first-order valence-corrected chi connectivity index (χ1v) is 8.62. The Bertz CT molecular complexity index is 464. The molecule has 138 valence electrons. The van der Waals surface area contributed by atoms with E-state index in [0.717, 1.165) is 49.9 Å². The van der Waals surface area contributed by atoms with E-state index < -0.39 is 0 Å². The predicted octanol–water partition coefficient (Wildman–Crippen LogP) is 3.10. The number of guanidine groups is 1. The van der Waals surface area contributed by atoms with Gasteiger partial charge in [-0.1, -0.05) is 39.0 Å². The number of halogens is 1. The number of likely N-dealkylation sites (N-methyl/N-ethyl adjacent to an activating group) is 1. The highest BCUT2D eigenvalue weighted by Gasteiger charge is 2.05. The third kappa shape index (κ3) is 8.73. The highest BCUT2D eigenvalue weighted by molar-refractivity contribution is 14.0. The van der Waals surface area contributed by atoms with Gasteiger partial charge in [-0.2, -0.15) is 0 Å². The van der Waals surface area contributed by atoms with E-state index >= 15 is 0 Å². The van der Waals surface area contributed by atoms with Crippen LogP contribution >= 0.6 is 24.0 Å². The summed E-state index contributed by atoms with van der Waals surface area (Å²) in [5, 5.41) is 6.60. The van der Waals surface area contributed by atoms with Crippen molar-refractivity contribution in [1.29, 1.82) is 0 Å². The number of hydrogen-bond donors (Lipinski definition) is 2. The van der Waals surface area contributed by atoms with E-state index in [4.69, 9.17) is 4.74 Å². The molecule has 0 heterocycles. The van der Waals surface area contributed by atoms with Crippen LogP contribution < -0.4 is 15.4 Å². The van der Waals surface area contributed by atoms with Crippen molar-refractivity contribution in [2.45, 2.75) is 33.7 Å². The SMILES string of the molecule is CCCNC(=NC)NCc1ccccc1OCCN(CC)CC.I. The molecule has 1 aromatic rings. The number of aliphatic imine (C=N–C) groups is 1. The first kappa shape index (κ1) is 23.0. The van der Waals surface area contributed by atoms with Crippen LogP contribution in [0.5, 0.6) is 5.75 Å². The molecule has 2 N–H and O–H groups in total. The topological polar surface area (TPSA) is 48.9 Å². The van der Waals surface area contributed by atoms with Crippen molar-refractivity contribution in [3.05, 3.63) is 29.8 Å². The molecule has 1 rings (SSSR count). The maximum Gasteiger partial charge on any atom is 0.191 e. The van der Waals surface area contributed by atoms with E-state index in [-0.39, 0.29) is 24.0 Å². The average Bonchev–Trinajstić information content (AvgIpc) is 2.60. The third-order valence-corrected chi connectivity index (χ3v) is 3.74. The lowest BCUT2D eigenvalue weighted by molar-refractivity contribution is 0.221. The Kier molecular flexibility index (Phi) is 13.7. The Morgan fingerprint density at radius 1 is 1.12 bits per heavy atom. The van der Waals surface area contributed by atoms with Crippen LogP contribution in [-0.4, -0.2) is 50.7 Å². The zero-order valence-corrected chi connectivity index (χ0v) is 17.8. The Morgan fingerprint density at radius 3 is 2.46 bits per heavy atom. The molecule has 0 aliphatic heterocycles. The number of para-hydroxylation sites is 1. The van der Waals surface area contributed by atoms with Gasteiger partial charge in [0.05, 0.1) is 0 Å². The van der Waals surface area contributed by atoms with Gasteiger partial charge in [0.25, 0.3) is 0 Å². The first-order valence-electron chi connectivity index (χ1n) is 8.62. The molecule has 6 heteroatoms. The van der Waals surface area contributed by atoms with Crippen LogP contribution in [0.1, 0.15) is 32.8 Å². The molecule has 0 amide bonds. The van der Waals surface area contributed by atoms with Gasteiger partial charge in [0.2, 0.25) is 0 Å². The molecule has 0 unspecified atom stereocenters. The monoisotopic (exact) mass is 448 g/mol. The van der Waals surface area contributed by atoms with E-state index in [2.05, 4.69) is 47.4 Å². The number of rotatable bonds is 10. The summed E-state index contributed by atoms with van der Waals surface area (Å²) in [6, 6.07) is 8.17. The number of nitrogens with one attached hydrogen (secondary N) is 2. The van der Waals surface area contributed by atoms with Crippen molar-refractivity contribution in [3.8, 4) is 5.75 Å². The summed E-state index contributed by atoms with van der Waals surface area (Å²) in [7, 11) is 1.79. The normalized spacial score (nSPS) is 11.1. The quantitative estimate of drug-likeness (QED) is 0.328. The molecule has 0 atom stereocenters. The number of hydrogen-bond acceptors (Lipinski definition) is 3. The van der Waals surface area contributed by atoms with Crippen LogP contribution in [0.2, 0.25) is 0 Å². The van der Waals surface area contributed by atoms with Crippen molar-refractivity contribution in [3.63, 3.8) is 0 Å². The maximum absolute atomic E-state index is 5.98. The number of benzene rings is 1. The van der Waals surface area contributed by atoms with Crippen LogP contribution in [0.25, 0.3) is 0 Å². The van der Waals surface area contributed by atoms with E-state index in [1.807, 2.05) is 18.2 Å². The standard InChI is InChI=1S/C18H32N4O.HI/c1-5-12-20-18(19-4)21-15-16-10-8-9-11-17(16)23-14-13-22(6-2)7-3;/h8-11H,5-7,12-15H2,1-4H3,(H2,19,20,21);1H. The summed E-state index contributed by atoms with van der Waals surface area (Å²) in [6.45, 7) is 11.9. The fraction of sp³-hybridized carbons (Fsp3) is 0.611. The molecule has 0 spiro atoms. The summed E-state index contributed by atoms with van der Waals surface area (Å²) in [4.78, 5) is 6.58. The van der Waals surface area contributed by atoms with Gasteiger partial charge in [0.15, 0.2) is 5.96 Å². The van der Waals surface area contributed by atoms with Gasteiger partial charge < -0.3 is 20.3 Å². The fourth-order valence-corrected chi connectivity index (χ4v) is 2.26. The Balaban J connectivity index is 0.00000529. The molecule has 0 aliphatic carbocycles. The smallest absolute Gasteiger partial charge is 0.191 e. The number of ether oxygens (including phenoxy) is 1. The molecule has 0 aromatic heterocycles. The molecule has 0 aliphatic rings. The maximum atomic E-state index is 5.98. The minimum absolute atomic E-state index is 0. The van der Waals surface area contributed by atoms with E-state index in [0.29, 0.717) is 13.2 Å². The molecular weight excluding hydrogens is 415 g/mol. The van der Waals surface area contributed by atoms with Gasteiger partial charge in [-0.05, 0) is 25.6 Å². The Hall–Kier alpha value is -1.02. The first-order chi connectivity index (χ1) is 11.2. The van der Waals surface area contributed by atoms with Gasteiger partial charge in [-0.25, -0.2) is 0 Å². The van der Waals surface area contributed by atoms with E-state index in [1.54, 1.807) is 7.05 Å². The van der Waals surface area contributed by atoms with Crippen molar-refractivity contribution in [1.82, 2.24) is 15.5 Å². The minimum Gasteiger partial charge on any atom is -0.492 e. The van der Waals surface area contributed by atoms with Gasteiger partial charge in [-0.15, -0.1) is 24.0 Å². The predicted molar refractivity (Wildman–Crippen MR) is 114 cm³/mol. The molecule has 1 aromatic carbocycles. The van der Waals surface area contributed by atoms with Crippen LogP contribution in [0.15, 0.2) is 29.3 Å². The second-order valence-corrected chi connectivity index (χ2v) is 5.34.